The molecule has 0 aliphatic carbocycles. The molecule has 0 bridgehead atoms. The molecule has 192 valence electrons. The molecule has 6 rings (SSSR count). The normalized spacial score (nSPS) is 20.0. The van der Waals surface area contributed by atoms with E-state index in [-0.39, 0.29) is 17.4 Å². The number of aliphatic hydroxyl groups is 1. The summed E-state index contributed by atoms with van der Waals surface area (Å²) in [5.41, 5.74) is 2.66. The van der Waals surface area contributed by atoms with Crippen LogP contribution in [0, 0.1) is 0 Å². The van der Waals surface area contributed by atoms with Crippen molar-refractivity contribution in [2.45, 2.75) is 25.5 Å². The number of aromatic nitrogens is 1. The van der Waals surface area contributed by atoms with Crippen LogP contribution in [-0.4, -0.2) is 42.1 Å². The predicted molar refractivity (Wildman–Crippen MR) is 144 cm³/mol. The maximum absolute atomic E-state index is 13.5. The summed E-state index contributed by atoms with van der Waals surface area (Å²) in [7, 11) is 3.13. The number of aliphatic hydroxyl groups excluding tert-OH is 1. The number of Topliss-reactive ketones (excluding diaryl/α,β-unsaturated/α-hetero) is 1. The topological polar surface area (TPSA) is 98.2 Å². The van der Waals surface area contributed by atoms with Crippen LogP contribution in [0.2, 0.25) is 0 Å². The van der Waals surface area contributed by atoms with E-state index >= 15 is 0 Å². The predicted octanol–water partition coefficient (Wildman–Crippen LogP) is 5.26. The third-order valence-electron chi connectivity index (χ3n) is 6.81. The Morgan fingerprint density at radius 3 is 2.63 bits per heavy atom. The van der Waals surface area contributed by atoms with Crippen LogP contribution >= 0.6 is 11.3 Å². The number of hydrogen-bond donors (Lipinski definition) is 1. The third-order valence-corrected chi connectivity index (χ3v) is 7.83. The molecule has 4 aromatic rings. The second kappa shape index (κ2) is 9.18. The van der Waals surface area contributed by atoms with Gasteiger partial charge in [-0.3, -0.25) is 14.5 Å². The summed E-state index contributed by atoms with van der Waals surface area (Å²) in [6.07, 6.45) is 0.724. The maximum atomic E-state index is 13.5. The van der Waals surface area contributed by atoms with Crippen LogP contribution in [0.15, 0.2) is 66.2 Å². The van der Waals surface area contributed by atoms with Crippen LogP contribution in [0.5, 0.6) is 17.2 Å². The molecule has 9 heteroatoms. The van der Waals surface area contributed by atoms with E-state index in [4.69, 9.17) is 14.2 Å². The van der Waals surface area contributed by atoms with E-state index in [2.05, 4.69) is 4.98 Å². The maximum Gasteiger partial charge on any atom is 0.301 e. The van der Waals surface area contributed by atoms with Gasteiger partial charge in [0.1, 0.15) is 29.1 Å². The lowest BCUT2D eigenvalue weighted by atomic mass is 9.94. The molecule has 0 unspecified atom stereocenters. The summed E-state index contributed by atoms with van der Waals surface area (Å²) >= 11 is 1.27. The number of anilines is 1. The third kappa shape index (κ3) is 3.86. The van der Waals surface area contributed by atoms with Crippen molar-refractivity contribution in [3.05, 3.63) is 82.9 Å². The number of fused-ring (bicyclic) bond motifs is 2. The van der Waals surface area contributed by atoms with Crippen molar-refractivity contribution >= 4 is 44.1 Å². The van der Waals surface area contributed by atoms with E-state index in [9.17, 15) is 14.7 Å². The number of amides is 1. The number of ketones is 1. The van der Waals surface area contributed by atoms with E-state index in [1.165, 1.54) is 16.2 Å². The van der Waals surface area contributed by atoms with Crippen LogP contribution in [0.25, 0.3) is 16.0 Å². The number of methoxy groups -OCH3 is 2. The van der Waals surface area contributed by atoms with Crippen LogP contribution in [-0.2, 0) is 16.0 Å². The largest absolute Gasteiger partial charge is 0.507 e. The minimum absolute atomic E-state index is 0.00740. The summed E-state index contributed by atoms with van der Waals surface area (Å²) in [4.78, 5) is 33.1. The molecule has 1 fully saturated rings. The Kier molecular flexibility index (Phi) is 5.80. The molecule has 2 aliphatic heterocycles. The fourth-order valence-corrected chi connectivity index (χ4v) is 6.03. The lowest BCUT2D eigenvalue weighted by molar-refractivity contribution is -0.132. The zero-order chi connectivity index (χ0) is 26.6. The summed E-state index contributed by atoms with van der Waals surface area (Å²) in [5.74, 6) is 0.188. The van der Waals surface area contributed by atoms with Crippen molar-refractivity contribution in [2.24, 2.45) is 0 Å². The zero-order valence-electron chi connectivity index (χ0n) is 20.9. The summed E-state index contributed by atoms with van der Waals surface area (Å²) in [5, 5.41) is 11.9. The van der Waals surface area contributed by atoms with Gasteiger partial charge in [-0.05, 0) is 66.6 Å². The molecular weight excluding hydrogens is 504 g/mol. The Bertz CT molecular complexity index is 1640. The summed E-state index contributed by atoms with van der Waals surface area (Å²) in [6.45, 7) is 1.97. The van der Waals surface area contributed by atoms with Crippen molar-refractivity contribution in [1.29, 1.82) is 0 Å². The van der Waals surface area contributed by atoms with E-state index in [0.717, 1.165) is 16.0 Å². The Labute approximate surface area is 222 Å². The Morgan fingerprint density at radius 1 is 1.05 bits per heavy atom. The first kappa shape index (κ1) is 24.0. The standard InChI is InChI=1S/C29H24N2O6S/c1-15-11-18-12-17(7-10-22(18)37-15)26(32)24-25(16-5-4-6-19(13-16)35-2)31(28(34)27(24)33)29-30-21-9-8-20(36-3)14-23(21)38-29/h4-10,12-15,25,32H,11H2,1-3H3/b26-24+/t15-,25-/m0/s1. The van der Waals surface area contributed by atoms with Crippen LogP contribution in [0.4, 0.5) is 5.13 Å². The highest BCUT2D eigenvalue weighted by molar-refractivity contribution is 7.22. The molecule has 1 aromatic heterocycles. The average Bonchev–Trinajstić information content (AvgIpc) is 3.59. The van der Waals surface area contributed by atoms with Gasteiger partial charge in [0.15, 0.2) is 5.13 Å². The number of carbonyl (C=O) groups excluding carboxylic acids is 2. The molecule has 1 N–H and O–H groups in total. The molecule has 38 heavy (non-hydrogen) atoms. The number of benzene rings is 3. The smallest absolute Gasteiger partial charge is 0.301 e. The lowest BCUT2D eigenvalue weighted by Crippen LogP contribution is -2.29. The molecule has 3 heterocycles. The van der Waals surface area contributed by atoms with E-state index in [1.807, 2.05) is 19.1 Å². The lowest BCUT2D eigenvalue weighted by Gasteiger charge is -2.23. The molecule has 3 aromatic carbocycles. The first-order chi connectivity index (χ1) is 18.4. The number of ether oxygens (including phenoxy) is 3. The average molecular weight is 529 g/mol. The van der Waals surface area contributed by atoms with Gasteiger partial charge < -0.3 is 19.3 Å². The van der Waals surface area contributed by atoms with Crippen LogP contribution in [0.3, 0.4) is 0 Å². The molecule has 2 aliphatic rings. The highest BCUT2D eigenvalue weighted by Gasteiger charge is 2.48. The van der Waals surface area contributed by atoms with E-state index in [1.54, 1.807) is 62.8 Å². The fourth-order valence-electron chi connectivity index (χ4n) is 5.00. The van der Waals surface area contributed by atoms with Crippen molar-refractivity contribution in [3.63, 3.8) is 0 Å². The van der Waals surface area contributed by atoms with Gasteiger partial charge in [0, 0.05) is 12.0 Å². The molecule has 1 amide bonds. The van der Waals surface area contributed by atoms with Crippen molar-refractivity contribution in [2.75, 3.05) is 19.1 Å². The summed E-state index contributed by atoms with van der Waals surface area (Å²) in [6, 6.07) is 16.9. The second-order valence-corrected chi connectivity index (χ2v) is 10.2. The van der Waals surface area contributed by atoms with Gasteiger partial charge in [0.2, 0.25) is 0 Å². The number of nitrogens with zero attached hydrogens (tertiary/aromatic N) is 2. The van der Waals surface area contributed by atoms with Crippen molar-refractivity contribution in [3.8, 4) is 17.2 Å². The SMILES string of the molecule is COc1cccc([C@H]2/C(=C(\O)c3ccc4c(c3)C[C@H](C)O4)C(=O)C(=O)N2c2nc3ccc(OC)cc3s2)c1. The Morgan fingerprint density at radius 2 is 1.84 bits per heavy atom. The first-order valence-corrected chi connectivity index (χ1v) is 12.9. The first-order valence-electron chi connectivity index (χ1n) is 12.1. The Balaban J connectivity index is 1.53. The fraction of sp³-hybridized carbons (Fsp3) is 0.207. The molecule has 1 saturated heterocycles. The molecule has 0 spiro atoms. The molecule has 0 radical (unpaired) electrons. The van der Waals surface area contributed by atoms with Crippen LogP contribution in [0.1, 0.15) is 29.7 Å². The zero-order valence-corrected chi connectivity index (χ0v) is 21.7. The summed E-state index contributed by atoms with van der Waals surface area (Å²) < 4.78 is 17.3. The number of carbonyl (C=O) groups is 2. The quantitative estimate of drug-likeness (QED) is 0.214. The van der Waals surface area contributed by atoms with Crippen molar-refractivity contribution in [1.82, 2.24) is 4.98 Å². The number of hydrogen-bond acceptors (Lipinski definition) is 8. The van der Waals surface area contributed by atoms with Crippen molar-refractivity contribution < 1.29 is 28.9 Å². The molecule has 2 atom stereocenters. The molecular formula is C29H24N2O6S. The van der Waals surface area contributed by atoms with E-state index < -0.39 is 17.7 Å². The molecule has 0 saturated carbocycles. The van der Waals surface area contributed by atoms with Gasteiger partial charge in [-0.1, -0.05) is 23.5 Å². The number of rotatable bonds is 5. The minimum atomic E-state index is -0.906. The highest BCUT2D eigenvalue weighted by Crippen LogP contribution is 2.45. The molecule has 8 nitrogen and oxygen atoms in total. The van der Waals surface area contributed by atoms with Gasteiger partial charge in [-0.25, -0.2) is 4.98 Å². The second-order valence-electron chi connectivity index (χ2n) is 9.23. The van der Waals surface area contributed by atoms with Gasteiger partial charge in [0.05, 0.1) is 36.1 Å². The van der Waals surface area contributed by atoms with Crippen LogP contribution < -0.4 is 19.1 Å². The van der Waals surface area contributed by atoms with Gasteiger partial charge in [-0.15, -0.1) is 0 Å². The Hall–Kier alpha value is -4.37. The van der Waals surface area contributed by atoms with Gasteiger partial charge in [0.25, 0.3) is 5.78 Å². The minimum Gasteiger partial charge on any atom is -0.507 e. The number of thiazole rings is 1. The van der Waals surface area contributed by atoms with Gasteiger partial charge in [-0.2, -0.15) is 0 Å². The monoisotopic (exact) mass is 528 g/mol. The highest BCUT2D eigenvalue weighted by atomic mass is 32.1. The van der Waals surface area contributed by atoms with E-state index in [0.29, 0.717) is 39.7 Å². The van der Waals surface area contributed by atoms with Gasteiger partial charge >= 0.3 is 5.91 Å².